The van der Waals surface area contributed by atoms with Crippen molar-refractivity contribution in [2.24, 2.45) is 0 Å². The molecular weight excluding hydrogens is 412 g/mol. The predicted octanol–water partition coefficient (Wildman–Crippen LogP) is -3.30. The molecule has 10 heteroatoms. The molecule has 0 saturated carbocycles. The van der Waals surface area contributed by atoms with E-state index in [1.807, 2.05) is 0 Å². The van der Waals surface area contributed by atoms with Crippen LogP contribution in [-0.4, -0.2) is 109 Å². The molecule has 0 bridgehead atoms. The SMILES string of the molecule is Cc1cc([C@H]2O[C@H](CO)[C@@H](O)[C@H](O)[C@@H]2O)ccc1C#C[C@H]1O[C@H](CO)[C@@H](O)C(O)[C@@H]1O. The van der Waals surface area contributed by atoms with Crippen molar-refractivity contribution in [1.29, 1.82) is 0 Å². The summed E-state index contributed by atoms with van der Waals surface area (Å²) in [4.78, 5) is 0. The van der Waals surface area contributed by atoms with Crippen LogP contribution in [0.25, 0.3) is 0 Å². The zero-order valence-corrected chi connectivity index (χ0v) is 16.8. The highest BCUT2D eigenvalue weighted by atomic mass is 16.5. The standard InChI is InChI=1S/C21H28O10/c1-9-6-11(21-20(29)19(28)17(26)14(8-23)31-21)3-2-10(9)4-5-12-15(24)18(27)16(25)13(7-22)30-12/h2-3,6,12-29H,7-8H2,1H3/t12-,13-,14-,15-,16-,17-,18?,19+,20+,21-/m1/s1. The lowest BCUT2D eigenvalue weighted by Gasteiger charge is -2.40. The maximum absolute atomic E-state index is 10.3. The van der Waals surface area contributed by atoms with E-state index in [4.69, 9.17) is 9.47 Å². The van der Waals surface area contributed by atoms with Gasteiger partial charge in [-0.25, -0.2) is 0 Å². The summed E-state index contributed by atoms with van der Waals surface area (Å²) in [6, 6.07) is 4.91. The summed E-state index contributed by atoms with van der Waals surface area (Å²) in [6.07, 6.45) is -12.9. The van der Waals surface area contributed by atoms with E-state index in [2.05, 4.69) is 11.8 Å². The van der Waals surface area contributed by atoms with Crippen molar-refractivity contribution < 1.29 is 50.3 Å². The van der Waals surface area contributed by atoms with Crippen molar-refractivity contribution in [3.63, 3.8) is 0 Å². The number of ether oxygens (including phenoxy) is 2. The first-order valence-corrected chi connectivity index (χ1v) is 9.92. The van der Waals surface area contributed by atoms with E-state index in [9.17, 15) is 40.9 Å². The Balaban J connectivity index is 1.79. The van der Waals surface area contributed by atoms with Gasteiger partial charge in [0.2, 0.25) is 0 Å². The Hall–Kier alpha value is -1.62. The summed E-state index contributed by atoms with van der Waals surface area (Å²) < 4.78 is 10.9. The van der Waals surface area contributed by atoms with Gasteiger partial charge < -0.3 is 50.3 Å². The Kier molecular flexibility index (Phi) is 7.67. The lowest BCUT2D eigenvalue weighted by Crippen LogP contribution is -2.58. The summed E-state index contributed by atoms with van der Waals surface area (Å²) in [7, 11) is 0. The molecule has 1 unspecified atom stereocenters. The molecule has 3 rings (SSSR count). The van der Waals surface area contributed by atoms with E-state index in [1.54, 1.807) is 25.1 Å². The molecule has 0 radical (unpaired) electrons. The van der Waals surface area contributed by atoms with Crippen molar-refractivity contribution in [2.45, 2.75) is 68.0 Å². The number of rotatable bonds is 3. The van der Waals surface area contributed by atoms with Gasteiger partial charge in [0.1, 0.15) is 61.0 Å². The Morgan fingerprint density at radius 2 is 1.35 bits per heavy atom. The average Bonchev–Trinajstić information content (AvgIpc) is 2.76. The van der Waals surface area contributed by atoms with Crippen molar-refractivity contribution in [3.8, 4) is 11.8 Å². The van der Waals surface area contributed by atoms with Crippen LogP contribution in [0.4, 0.5) is 0 Å². The molecule has 0 aromatic heterocycles. The topological polar surface area (TPSA) is 180 Å². The van der Waals surface area contributed by atoms with Crippen LogP contribution in [0.3, 0.4) is 0 Å². The second-order valence-electron chi connectivity index (χ2n) is 7.84. The largest absolute Gasteiger partial charge is 0.394 e. The lowest BCUT2D eigenvalue weighted by molar-refractivity contribution is -0.231. The molecule has 10 atom stereocenters. The molecule has 0 aliphatic carbocycles. The number of benzene rings is 1. The maximum atomic E-state index is 10.3. The fourth-order valence-corrected chi connectivity index (χ4v) is 3.75. The molecule has 1 aromatic rings. The van der Waals surface area contributed by atoms with Gasteiger partial charge >= 0.3 is 0 Å². The highest BCUT2D eigenvalue weighted by Crippen LogP contribution is 2.33. The summed E-state index contributed by atoms with van der Waals surface area (Å²) in [5, 5.41) is 78.5. The maximum Gasteiger partial charge on any atom is 0.147 e. The molecular formula is C21H28O10. The molecule has 8 N–H and O–H groups in total. The van der Waals surface area contributed by atoms with Crippen LogP contribution in [0, 0.1) is 18.8 Å². The first kappa shape index (κ1) is 24.0. The summed E-state index contributed by atoms with van der Waals surface area (Å²) in [6.45, 7) is 0.670. The zero-order chi connectivity index (χ0) is 22.9. The zero-order valence-electron chi connectivity index (χ0n) is 16.8. The summed E-state index contributed by atoms with van der Waals surface area (Å²) in [5.74, 6) is 5.52. The molecule has 2 heterocycles. The first-order chi connectivity index (χ1) is 14.7. The third-order valence-electron chi connectivity index (χ3n) is 5.71. The van der Waals surface area contributed by atoms with E-state index in [0.29, 0.717) is 16.7 Å². The van der Waals surface area contributed by atoms with Gasteiger partial charge in [-0.15, -0.1) is 0 Å². The second-order valence-corrected chi connectivity index (χ2v) is 7.84. The minimum Gasteiger partial charge on any atom is -0.394 e. The number of aliphatic hydroxyl groups excluding tert-OH is 8. The smallest absolute Gasteiger partial charge is 0.147 e. The predicted molar refractivity (Wildman–Crippen MR) is 105 cm³/mol. The lowest BCUT2D eigenvalue weighted by atomic mass is 9.90. The second kappa shape index (κ2) is 9.89. The van der Waals surface area contributed by atoms with Crippen molar-refractivity contribution in [2.75, 3.05) is 13.2 Å². The minimum atomic E-state index is -1.51. The van der Waals surface area contributed by atoms with E-state index >= 15 is 0 Å². The quantitative estimate of drug-likeness (QED) is 0.222. The summed E-state index contributed by atoms with van der Waals surface area (Å²) >= 11 is 0. The van der Waals surface area contributed by atoms with Crippen LogP contribution in [0.2, 0.25) is 0 Å². The third-order valence-corrected chi connectivity index (χ3v) is 5.71. The van der Waals surface area contributed by atoms with E-state index in [-0.39, 0.29) is 0 Å². The van der Waals surface area contributed by atoms with Gasteiger partial charge in [-0.2, -0.15) is 0 Å². The fourth-order valence-electron chi connectivity index (χ4n) is 3.75. The van der Waals surface area contributed by atoms with Crippen LogP contribution in [0.5, 0.6) is 0 Å². The van der Waals surface area contributed by atoms with E-state index in [1.165, 1.54) is 0 Å². The van der Waals surface area contributed by atoms with Gasteiger partial charge in [0, 0.05) is 5.56 Å². The molecule has 172 valence electrons. The van der Waals surface area contributed by atoms with E-state index in [0.717, 1.165) is 0 Å². The van der Waals surface area contributed by atoms with Crippen molar-refractivity contribution in [1.82, 2.24) is 0 Å². The highest BCUT2D eigenvalue weighted by molar-refractivity contribution is 5.44. The Labute approximate surface area is 178 Å². The monoisotopic (exact) mass is 440 g/mol. The van der Waals surface area contributed by atoms with Gasteiger partial charge in [0.15, 0.2) is 0 Å². The molecule has 2 aliphatic heterocycles. The van der Waals surface area contributed by atoms with Crippen LogP contribution >= 0.6 is 0 Å². The van der Waals surface area contributed by atoms with Gasteiger partial charge in [-0.3, -0.25) is 0 Å². The molecule has 10 nitrogen and oxygen atoms in total. The Bertz CT molecular complexity index is 816. The number of aryl methyl sites for hydroxylation is 1. The molecule has 0 amide bonds. The Morgan fingerprint density at radius 3 is 1.94 bits per heavy atom. The molecule has 1 aromatic carbocycles. The molecule has 2 fully saturated rings. The van der Waals surface area contributed by atoms with Crippen LogP contribution < -0.4 is 0 Å². The summed E-state index contributed by atoms with van der Waals surface area (Å²) in [5.41, 5.74) is 1.73. The highest BCUT2D eigenvalue weighted by Gasteiger charge is 2.44. The van der Waals surface area contributed by atoms with Crippen molar-refractivity contribution >= 4 is 0 Å². The third kappa shape index (κ3) is 4.76. The van der Waals surface area contributed by atoms with Crippen LogP contribution in [-0.2, 0) is 9.47 Å². The molecule has 0 spiro atoms. The number of aliphatic hydroxyl groups is 8. The van der Waals surface area contributed by atoms with E-state index < -0.39 is 74.3 Å². The number of hydrogen-bond donors (Lipinski definition) is 8. The van der Waals surface area contributed by atoms with Crippen LogP contribution in [0.1, 0.15) is 22.8 Å². The van der Waals surface area contributed by atoms with Crippen LogP contribution in [0.15, 0.2) is 18.2 Å². The minimum absolute atomic E-state index is 0.507. The first-order valence-electron chi connectivity index (χ1n) is 9.92. The van der Waals surface area contributed by atoms with Gasteiger partial charge in [0.05, 0.1) is 13.2 Å². The molecule has 2 saturated heterocycles. The normalized spacial score (nSPS) is 40.8. The van der Waals surface area contributed by atoms with Crippen molar-refractivity contribution in [3.05, 3.63) is 34.9 Å². The Morgan fingerprint density at radius 1 is 0.774 bits per heavy atom. The van der Waals surface area contributed by atoms with Gasteiger partial charge in [-0.1, -0.05) is 24.0 Å². The molecule has 31 heavy (non-hydrogen) atoms. The molecule has 2 aliphatic rings. The van der Waals surface area contributed by atoms with Gasteiger partial charge in [-0.05, 0) is 24.1 Å². The fraction of sp³-hybridized carbons (Fsp3) is 0.619. The van der Waals surface area contributed by atoms with Gasteiger partial charge in [0.25, 0.3) is 0 Å². The number of hydrogen-bond acceptors (Lipinski definition) is 10. The average molecular weight is 440 g/mol.